The summed E-state index contributed by atoms with van der Waals surface area (Å²) in [5.41, 5.74) is 1.57. The second kappa shape index (κ2) is 7.56. The van der Waals surface area contributed by atoms with Crippen molar-refractivity contribution in [3.63, 3.8) is 0 Å². The van der Waals surface area contributed by atoms with Crippen molar-refractivity contribution in [2.24, 2.45) is 0 Å². The maximum Gasteiger partial charge on any atom is 0.291 e. The zero-order chi connectivity index (χ0) is 20.7. The van der Waals surface area contributed by atoms with E-state index in [0.29, 0.717) is 33.6 Å². The second-order valence-corrected chi connectivity index (χ2v) is 8.88. The molecule has 11 heteroatoms. The molecule has 0 spiro atoms. The first-order chi connectivity index (χ1) is 13.8. The molecule has 4 heterocycles. The third kappa shape index (κ3) is 3.75. The summed E-state index contributed by atoms with van der Waals surface area (Å²) in [6.45, 7) is 5.95. The van der Waals surface area contributed by atoms with Crippen LogP contribution in [-0.2, 0) is 0 Å². The summed E-state index contributed by atoms with van der Waals surface area (Å²) in [4.78, 5) is 19.7. The number of amides is 1. The number of fused-ring (bicyclic) bond motifs is 1. The van der Waals surface area contributed by atoms with Gasteiger partial charge in [0.2, 0.25) is 5.13 Å². The Kier molecular flexibility index (Phi) is 5.09. The number of alkyl halides is 2. The molecule has 0 radical (unpaired) electrons. The number of carbonyl (C=O) groups is 1. The summed E-state index contributed by atoms with van der Waals surface area (Å²) in [5, 5.41) is 14.1. The quantitative estimate of drug-likeness (QED) is 0.473. The standard InChI is InChI=1S/C18H16F2N6OS2/c1-8(2)26-15-11(7-21-26)10(6-12(22-15)13-5-4-9(3)28-13)16(27)23-18-25-24-17(29-18)14(19)20/h4-8,14H,1-3H3,(H,23,25,27). The Morgan fingerprint density at radius 1 is 1.21 bits per heavy atom. The second-order valence-electron chi connectivity index (χ2n) is 6.59. The molecule has 150 valence electrons. The van der Waals surface area contributed by atoms with Crippen molar-refractivity contribution in [2.75, 3.05) is 5.32 Å². The molecular weight excluding hydrogens is 418 g/mol. The van der Waals surface area contributed by atoms with E-state index in [1.807, 2.05) is 32.9 Å². The normalized spacial score (nSPS) is 11.7. The van der Waals surface area contributed by atoms with E-state index in [1.54, 1.807) is 28.3 Å². The summed E-state index contributed by atoms with van der Waals surface area (Å²) in [6.07, 6.45) is -1.14. The van der Waals surface area contributed by atoms with Gasteiger partial charge in [-0.15, -0.1) is 21.5 Å². The fraction of sp³-hybridized carbons (Fsp3) is 0.278. The van der Waals surface area contributed by atoms with Crippen molar-refractivity contribution in [3.8, 4) is 10.6 Å². The van der Waals surface area contributed by atoms with Gasteiger partial charge in [0.1, 0.15) is 0 Å². The van der Waals surface area contributed by atoms with Crippen molar-refractivity contribution in [2.45, 2.75) is 33.2 Å². The Morgan fingerprint density at radius 2 is 2.00 bits per heavy atom. The molecule has 7 nitrogen and oxygen atoms in total. The van der Waals surface area contributed by atoms with E-state index in [4.69, 9.17) is 4.98 Å². The fourth-order valence-corrected chi connectivity index (χ4v) is 4.24. The highest BCUT2D eigenvalue weighted by Crippen LogP contribution is 2.31. The molecule has 0 aromatic carbocycles. The molecule has 0 aliphatic heterocycles. The van der Waals surface area contributed by atoms with Gasteiger partial charge < -0.3 is 0 Å². The highest BCUT2D eigenvalue weighted by Gasteiger charge is 2.21. The van der Waals surface area contributed by atoms with E-state index in [0.717, 1.165) is 9.75 Å². The minimum absolute atomic E-state index is 0.0139. The monoisotopic (exact) mass is 434 g/mol. The van der Waals surface area contributed by atoms with Gasteiger partial charge in [0.05, 0.1) is 27.7 Å². The molecule has 1 N–H and O–H groups in total. The van der Waals surface area contributed by atoms with E-state index in [2.05, 4.69) is 20.6 Å². The van der Waals surface area contributed by atoms with E-state index in [1.165, 1.54) is 0 Å². The summed E-state index contributed by atoms with van der Waals surface area (Å²) in [6, 6.07) is 5.67. The lowest BCUT2D eigenvalue weighted by atomic mass is 10.1. The Labute approximate surface area is 172 Å². The van der Waals surface area contributed by atoms with Gasteiger partial charge in [-0.25, -0.2) is 18.4 Å². The van der Waals surface area contributed by atoms with Crippen LogP contribution in [0.4, 0.5) is 13.9 Å². The molecule has 0 aliphatic rings. The van der Waals surface area contributed by atoms with Gasteiger partial charge in [0.15, 0.2) is 10.7 Å². The van der Waals surface area contributed by atoms with E-state index < -0.39 is 17.3 Å². The number of nitrogens with zero attached hydrogens (tertiary/aromatic N) is 5. The van der Waals surface area contributed by atoms with Gasteiger partial charge in [0.25, 0.3) is 12.3 Å². The molecule has 0 aliphatic carbocycles. The van der Waals surface area contributed by atoms with Crippen LogP contribution in [0.3, 0.4) is 0 Å². The highest BCUT2D eigenvalue weighted by atomic mass is 32.1. The maximum atomic E-state index is 13.0. The van der Waals surface area contributed by atoms with Crippen LogP contribution in [0.2, 0.25) is 0 Å². The number of thiophene rings is 1. The van der Waals surface area contributed by atoms with Gasteiger partial charge in [-0.05, 0) is 39.0 Å². The van der Waals surface area contributed by atoms with Crippen LogP contribution in [0, 0.1) is 6.92 Å². The highest BCUT2D eigenvalue weighted by molar-refractivity contribution is 7.15. The molecule has 4 rings (SSSR count). The smallest absolute Gasteiger partial charge is 0.291 e. The topological polar surface area (TPSA) is 85.6 Å². The Bertz CT molecular complexity index is 1200. The first-order valence-electron chi connectivity index (χ1n) is 8.71. The molecular formula is C18H16F2N6OS2. The minimum atomic E-state index is -2.73. The molecule has 1 amide bonds. The van der Waals surface area contributed by atoms with Gasteiger partial charge >= 0.3 is 0 Å². The van der Waals surface area contributed by atoms with Crippen LogP contribution in [0.1, 0.15) is 46.6 Å². The molecule has 0 saturated heterocycles. The molecule has 0 bridgehead atoms. The first kappa shape index (κ1) is 19.5. The summed E-state index contributed by atoms with van der Waals surface area (Å²) >= 11 is 2.21. The fourth-order valence-electron chi connectivity index (χ4n) is 2.82. The van der Waals surface area contributed by atoms with Gasteiger partial charge in [-0.2, -0.15) is 5.10 Å². The van der Waals surface area contributed by atoms with E-state index >= 15 is 0 Å². The lowest BCUT2D eigenvalue weighted by Gasteiger charge is -2.09. The number of aromatic nitrogens is 5. The Hall–Kier alpha value is -2.79. The van der Waals surface area contributed by atoms with Crippen molar-refractivity contribution in [3.05, 3.63) is 39.8 Å². The molecule has 4 aromatic rings. The van der Waals surface area contributed by atoms with Crippen molar-refractivity contribution < 1.29 is 13.6 Å². The van der Waals surface area contributed by atoms with Gasteiger partial charge in [-0.1, -0.05) is 11.3 Å². The van der Waals surface area contributed by atoms with Crippen LogP contribution in [0.25, 0.3) is 21.6 Å². The molecule has 0 fully saturated rings. The Balaban J connectivity index is 1.80. The predicted molar refractivity (Wildman–Crippen MR) is 109 cm³/mol. The number of carbonyl (C=O) groups excluding carboxylic acids is 1. The van der Waals surface area contributed by atoms with Gasteiger partial charge in [0, 0.05) is 10.9 Å². The van der Waals surface area contributed by atoms with Crippen LogP contribution >= 0.6 is 22.7 Å². The number of nitrogens with one attached hydrogen (secondary N) is 1. The minimum Gasteiger partial charge on any atom is -0.296 e. The zero-order valence-corrected chi connectivity index (χ0v) is 17.3. The number of hydrogen-bond donors (Lipinski definition) is 1. The molecule has 0 unspecified atom stereocenters. The SMILES string of the molecule is Cc1ccc(-c2cc(C(=O)Nc3nnc(C(F)F)s3)c3cnn(C(C)C)c3n2)s1. The van der Waals surface area contributed by atoms with Crippen LogP contribution in [0.15, 0.2) is 24.4 Å². The summed E-state index contributed by atoms with van der Waals surface area (Å²) in [7, 11) is 0. The number of rotatable bonds is 5. The maximum absolute atomic E-state index is 13.0. The number of hydrogen-bond acceptors (Lipinski definition) is 7. The number of halogens is 2. The molecule has 29 heavy (non-hydrogen) atoms. The zero-order valence-electron chi connectivity index (χ0n) is 15.7. The summed E-state index contributed by atoms with van der Waals surface area (Å²) in [5.74, 6) is -0.479. The number of pyridine rings is 1. The van der Waals surface area contributed by atoms with Crippen molar-refractivity contribution in [1.29, 1.82) is 0 Å². The van der Waals surface area contributed by atoms with Crippen LogP contribution in [-0.4, -0.2) is 30.9 Å². The Morgan fingerprint density at radius 3 is 2.62 bits per heavy atom. The van der Waals surface area contributed by atoms with Crippen LogP contribution < -0.4 is 5.32 Å². The molecule has 4 aromatic heterocycles. The largest absolute Gasteiger partial charge is 0.296 e. The van der Waals surface area contributed by atoms with E-state index in [9.17, 15) is 13.6 Å². The van der Waals surface area contributed by atoms with Gasteiger partial charge in [-0.3, -0.25) is 10.1 Å². The first-order valence-corrected chi connectivity index (χ1v) is 10.3. The third-order valence-corrected chi connectivity index (χ3v) is 6.01. The van der Waals surface area contributed by atoms with Crippen LogP contribution in [0.5, 0.6) is 0 Å². The average Bonchev–Trinajstić information content (AvgIpc) is 3.39. The number of anilines is 1. The van der Waals surface area contributed by atoms with Crippen molar-refractivity contribution >= 4 is 44.7 Å². The average molecular weight is 434 g/mol. The lowest BCUT2D eigenvalue weighted by molar-refractivity contribution is 0.102. The predicted octanol–water partition coefficient (Wildman–Crippen LogP) is 5.09. The lowest BCUT2D eigenvalue weighted by Crippen LogP contribution is -2.13. The van der Waals surface area contributed by atoms with E-state index in [-0.39, 0.29) is 11.2 Å². The molecule has 0 atom stereocenters. The third-order valence-electron chi connectivity index (χ3n) is 4.14. The molecule has 0 saturated carbocycles. The number of aryl methyl sites for hydroxylation is 1. The van der Waals surface area contributed by atoms with Crippen molar-refractivity contribution in [1.82, 2.24) is 25.0 Å². The summed E-state index contributed by atoms with van der Waals surface area (Å²) < 4.78 is 27.2.